The number of rotatable bonds is 5. The Balaban J connectivity index is 1.88. The van der Waals surface area contributed by atoms with Gasteiger partial charge in [0.05, 0.1) is 13.2 Å². The molecule has 116 valence electrons. The monoisotopic (exact) mass is 289 g/mol. The number of aryl methyl sites for hydroxylation is 1. The molecule has 0 unspecified atom stereocenters. The number of benzene rings is 1. The lowest BCUT2D eigenvalue weighted by Crippen LogP contribution is -2.51. The van der Waals surface area contributed by atoms with Gasteiger partial charge >= 0.3 is 0 Å². The van der Waals surface area contributed by atoms with Crippen LogP contribution >= 0.6 is 0 Å². The third-order valence-electron chi connectivity index (χ3n) is 4.00. The maximum Gasteiger partial charge on any atom is 0.193 e. The van der Waals surface area contributed by atoms with E-state index < -0.39 is 0 Å². The first-order valence-corrected chi connectivity index (χ1v) is 7.64. The Kier molecular flexibility index (Phi) is 5.23. The lowest BCUT2D eigenvalue weighted by atomic mass is 9.89. The molecule has 1 heterocycles. The topological polar surface area (TPSA) is 36.9 Å². The van der Waals surface area contributed by atoms with Crippen molar-refractivity contribution in [2.24, 2.45) is 10.4 Å². The van der Waals surface area contributed by atoms with E-state index in [0.717, 1.165) is 38.7 Å². The smallest absolute Gasteiger partial charge is 0.193 e. The number of hydrogen-bond donors (Lipinski definition) is 1. The number of hydrogen-bond acceptors (Lipinski definition) is 2. The van der Waals surface area contributed by atoms with Crippen molar-refractivity contribution >= 4 is 5.96 Å². The summed E-state index contributed by atoms with van der Waals surface area (Å²) in [6, 6.07) is 8.80. The van der Waals surface area contributed by atoms with Crippen molar-refractivity contribution in [3.05, 3.63) is 35.4 Å². The van der Waals surface area contributed by atoms with E-state index in [0.29, 0.717) is 0 Å². The summed E-state index contributed by atoms with van der Waals surface area (Å²) in [5, 5.41) is 3.45. The van der Waals surface area contributed by atoms with Crippen molar-refractivity contribution in [3.63, 3.8) is 0 Å². The van der Waals surface area contributed by atoms with E-state index in [1.165, 1.54) is 11.1 Å². The molecule has 4 nitrogen and oxygen atoms in total. The molecule has 1 fully saturated rings. The Labute approximate surface area is 128 Å². The van der Waals surface area contributed by atoms with E-state index in [1.807, 2.05) is 7.05 Å². The Hall–Kier alpha value is -1.55. The fourth-order valence-electron chi connectivity index (χ4n) is 2.46. The Morgan fingerprint density at radius 2 is 1.90 bits per heavy atom. The molecule has 0 bridgehead atoms. The molecule has 2 rings (SSSR count). The molecule has 0 saturated carbocycles. The SMILES string of the molecule is CCc1ccc(CN(C)C(=NC)NCC2(C)COC2)cc1. The summed E-state index contributed by atoms with van der Waals surface area (Å²) in [5.74, 6) is 0.933. The van der Waals surface area contributed by atoms with E-state index in [-0.39, 0.29) is 5.41 Å². The lowest BCUT2D eigenvalue weighted by Gasteiger charge is -2.39. The van der Waals surface area contributed by atoms with Gasteiger partial charge in [0, 0.05) is 32.6 Å². The average molecular weight is 289 g/mol. The molecule has 0 aromatic heterocycles. The minimum absolute atomic E-state index is 0.250. The minimum Gasteiger partial charge on any atom is -0.380 e. The van der Waals surface area contributed by atoms with Crippen molar-refractivity contribution in [1.82, 2.24) is 10.2 Å². The van der Waals surface area contributed by atoms with Crippen molar-refractivity contribution < 1.29 is 4.74 Å². The van der Waals surface area contributed by atoms with Crippen molar-refractivity contribution in [1.29, 1.82) is 0 Å². The van der Waals surface area contributed by atoms with E-state index in [4.69, 9.17) is 4.74 Å². The van der Waals surface area contributed by atoms with Gasteiger partial charge in [-0.2, -0.15) is 0 Å². The number of nitrogens with one attached hydrogen (secondary N) is 1. The quantitative estimate of drug-likeness (QED) is 0.667. The van der Waals surface area contributed by atoms with E-state index in [2.05, 4.69) is 60.4 Å². The highest BCUT2D eigenvalue weighted by Gasteiger charge is 2.33. The van der Waals surface area contributed by atoms with Crippen LogP contribution in [-0.4, -0.2) is 44.7 Å². The van der Waals surface area contributed by atoms with Gasteiger partial charge in [-0.25, -0.2) is 0 Å². The van der Waals surface area contributed by atoms with E-state index in [1.54, 1.807) is 0 Å². The summed E-state index contributed by atoms with van der Waals surface area (Å²) in [5.41, 5.74) is 2.93. The molecule has 0 atom stereocenters. The summed E-state index contributed by atoms with van der Waals surface area (Å²) in [6.45, 7) is 7.84. The highest BCUT2D eigenvalue weighted by Crippen LogP contribution is 2.25. The van der Waals surface area contributed by atoms with Crippen LogP contribution in [0.1, 0.15) is 25.0 Å². The summed E-state index contributed by atoms with van der Waals surface area (Å²) in [6.07, 6.45) is 1.08. The minimum atomic E-state index is 0.250. The molecule has 1 aliphatic rings. The maximum absolute atomic E-state index is 5.29. The van der Waals surface area contributed by atoms with Crippen molar-refractivity contribution in [2.75, 3.05) is 33.9 Å². The summed E-state index contributed by atoms with van der Waals surface area (Å²) < 4.78 is 5.29. The highest BCUT2D eigenvalue weighted by atomic mass is 16.5. The summed E-state index contributed by atoms with van der Waals surface area (Å²) in [4.78, 5) is 6.53. The van der Waals surface area contributed by atoms with Gasteiger partial charge in [0.2, 0.25) is 0 Å². The number of aliphatic imine (C=N–C) groups is 1. The van der Waals surface area contributed by atoms with Crippen LogP contribution in [0, 0.1) is 5.41 Å². The first-order valence-electron chi connectivity index (χ1n) is 7.64. The standard InChI is InChI=1S/C17H27N3O/c1-5-14-6-8-15(9-7-14)10-20(4)16(18-3)19-11-17(2)12-21-13-17/h6-9H,5,10-13H2,1-4H3,(H,18,19). The Morgan fingerprint density at radius 3 is 2.38 bits per heavy atom. The maximum atomic E-state index is 5.29. The molecule has 0 aliphatic carbocycles. The Bertz CT molecular complexity index is 477. The van der Waals surface area contributed by atoms with Crippen LogP contribution in [0.3, 0.4) is 0 Å². The van der Waals surface area contributed by atoms with Crippen LogP contribution in [0.4, 0.5) is 0 Å². The van der Waals surface area contributed by atoms with Gasteiger partial charge < -0.3 is 15.0 Å². The molecule has 1 aromatic carbocycles. The van der Waals surface area contributed by atoms with Gasteiger partial charge in [0.15, 0.2) is 5.96 Å². The van der Waals surface area contributed by atoms with Crippen LogP contribution in [0.25, 0.3) is 0 Å². The second-order valence-electron chi connectivity index (χ2n) is 6.23. The van der Waals surface area contributed by atoms with Gasteiger partial charge in [-0.3, -0.25) is 4.99 Å². The second kappa shape index (κ2) is 6.94. The normalized spacial score (nSPS) is 17.2. The van der Waals surface area contributed by atoms with Crippen LogP contribution in [0.5, 0.6) is 0 Å². The van der Waals surface area contributed by atoms with Gasteiger partial charge in [-0.1, -0.05) is 38.1 Å². The molecule has 21 heavy (non-hydrogen) atoms. The van der Waals surface area contributed by atoms with Crippen LogP contribution < -0.4 is 5.32 Å². The average Bonchev–Trinajstić information content (AvgIpc) is 2.47. The second-order valence-corrected chi connectivity index (χ2v) is 6.23. The van der Waals surface area contributed by atoms with Gasteiger partial charge in [-0.15, -0.1) is 0 Å². The van der Waals surface area contributed by atoms with Crippen LogP contribution in [0.2, 0.25) is 0 Å². The zero-order valence-electron chi connectivity index (χ0n) is 13.6. The van der Waals surface area contributed by atoms with Crippen LogP contribution in [0.15, 0.2) is 29.3 Å². The first kappa shape index (κ1) is 15.8. The molecule has 0 amide bonds. The molecule has 1 saturated heterocycles. The molecule has 0 spiro atoms. The first-order chi connectivity index (χ1) is 10.1. The van der Waals surface area contributed by atoms with Crippen molar-refractivity contribution in [3.8, 4) is 0 Å². The summed E-state index contributed by atoms with van der Waals surface area (Å²) >= 11 is 0. The van der Waals surface area contributed by atoms with Crippen molar-refractivity contribution in [2.45, 2.75) is 26.8 Å². The van der Waals surface area contributed by atoms with Gasteiger partial charge in [0.25, 0.3) is 0 Å². The predicted molar refractivity (Wildman–Crippen MR) is 87.6 cm³/mol. The highest BCUT2D eigenvalue weighted by molar-refractivity contribution is 5.79. The van der Waals surface area contributed by atoms with E-state index >= 15 is 0 Å². The fourth-order valence-corrected chi connectivity index (χ4v) is 2.46. The summed E-state index contributed by atoms with van der Waals surface area (Å²) in [7, 11) is 3.90. The lowest BCUT2D eigenvalue weighted by molar-refractivity contribution is -0.0972. The van der Waals surface area contributed by atoms with Gasteiger partial charge in [-0.05, 0) is 17.5 Å². The van der Waals surface area contributed by atoms with Gasteiger partial charge in [0.1, 0.15) is 0 Å². The van der Waals surface area contributed by atoms with E-state index in [9.17, 15) is 0 Å². The molecule has 4 heteroatoms. The molecular weight excluding hydrogens is 262 g/mol. The molecule has 1 N–H and O–H groups in total. The zero-order chi connectivity index (χ0) is 15.3. The van der Waals surface area contributed by atoms with Crippen LogP contribution in [-0.2, 0) is 17.7 Å². The number of guanidine groups is 1. The molecule has 1 aliphatic heterocycles. The molecule has 0 radical (unpaired) electrons. The zero-order valence-corrected chi connectivity index (χ0v) is 13.6. The molecule has 1 aromatic rings. The molecular formula is C17H27N3O. The third kappa shape index (κ3) is 4.21. The number of nitrogens with zero attached hydrogens (tertiary/aromatic N) is 2. The fraction of sp³-hybridized carbons (Fsp3) is 0.588. The third-order valence-corrected chi connectivity index (χ3v) is 4.00. The predicted octanol–water partition coefficient (Wildman–Crippen LogP) is 2.29. The largest absolute Gasteiger partial charge is 0.380 e. The Morgan fingerprint density at radius 1 is 1.29 bits per heavy atom. The number of ether oxygens (including phenoxy) is 1.